The van der Waals surface area contributed by atoms with Crippen molar-refractivity contribution >= 4 is 37.2 Å². The highest BCUT2D eigenvalue weighted by Crippen LogP contribution is 2.26. The number of alkyl halides is 1. The fourth-order valence-corrected chi connectivity index (χ4v) is 5.59. The highest BCUT2D eigenvalue weighted by molar-refractivity contribution is 7.92. The Labute approximate surface area is 125 Å². The van der Waals surface area contributed by atoms with E-state index in [1.54, 1.807) is 0 Å². The molecule has 0 saturated carbocycles. The van der Waals surface area contributed by atoms with Crippen LogP contribution in [0.25, 0.3) is 0 Å². The molecule has 1 aliphatic rings. The third-order valence-electron chi connectivity index (χ3n) is 2.80. The average molecular weight is 356 g/mol. The molecule has 11 heteroatoms. The van der Waals surface area contributed by atoms with Crippen LogP contribution in [0, 0.1) is 10.1 Å². The Morgan fingerprint density at radius 2 is 2.00 bits per heavy atom. The molecule has 1 fully saturated rings. The summed E-state index contributed by atoms with van der Waals surface area (Å²) in [6.07, 6.45) is -1.21. The number of nitrogens with zero attached hydrogens (tertiary/aromatic N) is 1. The van der Waals surface area contributed by atoms with Gasteiger partial charge < -0.3 is 0 Å². The molecule has 8 nitrogen and oxygen atoms in total. The summed E-state index contributed by atoms with van der Waals surface area (Å²) in [5.41, 5.74) is -0.416. The summed E-state index contributed by atoms with van der Waals surface area (Å²) in [7, 11) is -7.79. The highest BCUT2D eigenvalue weighted by atomic mass is 35.5. The number of halogens is 1. The molecule has 0 bridgehead atoms. The SMILES string of the molecule is O=[N+]([O-])c1cccc(S(=O)(=O)O[C@H]2CS(=O)(=O)C[C@@H]2Cl)c1. The van der Waals surface area contributed by atoms with Crippen molar-refractivity contribution in [3.63, 3.8) is 0 Å². The van der Waals surface area contributed by atoms with Crippen LogP contribution in [0.5, 0.6) is 0 Å². The number of hydrogen-bond acceptors (Lipinski definition) is 7. The van der Waals surface area contributed by atoms with Gasteiger partial charge in [-0.1, -0.05) is 6.07 Å². The van der Waals surface area contributed by atoms with Crippen molar-refractivity contribution in [2.75, 3.05) is 11.5 Å². The van der Waals surface area contributed by atoms with E-state index in [0.717, 1.165) is 18.2 Å². The van der Waals surface area contributed by atoms with Gasteiger partial charge in [0.25, 0.3) is 15.8 Å². The van der Waals surface area contributed by atoms with Crippen molar-refractivity contribution in [2.45, 2.75) is 16.4 Å². The van der Waals surface area contributed by atoms with Crippen LogP contribution in [0.3, 0.4) is 0 Å². The third-order valence-corrected chi connectivity index (χ3v) is 6.46. The molecular weight excluding hydrogens is 346 g/mol. The maximum absolute atomic E-state index is 12.0. The van der Waals surface area contributed by atoms with Crippen molar-refractivity contribution in [1.29, 1.82) is 0 Å². The number of benzene rings is 1. The van der Waals surface area contributed by atoms with Crippen LogP contribution >= 0.6 is 11.6 Å². The molecule has 1 heterocycles. The van der Waals surface area contributed by atoms with Crippen molar-refractivity contribution < 1.29 is 25.9 Å². The molecule has 1 aromatic rings. The first-order valence-electron chi connectivity index (χ1n) is 5.63. The fourth-order valence-electron chi connectivity index (χ4n) is 1.83. The third kappa shape index (κ3) is 3.70. The number of rotatable bonds is 4. The Bertz CT molecular complexity index is 774. The molecule has 0 aromatic heterocycles. The van der Waals surface area contributed by atoms with Crippen LogP contribution in [0.2, 0.25) is 0 Å². The quantitative estimate of drug-likeness (QED) is 0.337. The van der Waals surface area contributed by atoms with Crippen molar-refractivity contribution in [1.82, 2.24) is 0 Å². The van der Waals surface area contributed by atoms with Gasteiger partial charge in [-0.3, -0.25) is 14.3 Å². The van der Waals surface area contributed by atoms with Crippen molar-refractivity contribution in [2.24, 2.45) is 0 Å². The lowest BCUT2D eigenvalue weighted by atomic mass is 10.3. The molecule has 2 atom stereocenters. The molecule has 0 amide bonds. The minimum atomic E-state index is -4.34. The molecule has 1 aromatic carbocycles. The molecule has 116 valence electrons. The first kappa shape index (κ1) is 16.1. The summed E-state index contributed by atoms with van der Waals surface area (Å²) in [6, 6.07) is 4.28. The largest absolute Gasteiger partial charge is 0.297 e. The maximum atomic E-state index is 12.0. The predicted octanol–water partition coefficient (Wildman–Crippen LogP) is 0.705. The van der Waals surface area contributed by atoms with Gasteiger partial charge in [0.1, 0.15) is 11.0 Å². The second-order valence-electron chi connectivity index (χ2n) is 4.44. The van der Waals surface area contributed by atoms with E-state index in [1.165, 1.54) is 6.07 Å². The van der Waals surface area contributed by atoms with E-state index in [4.69, 9.17) is 15.8 Å². The highest BCUT2D eigenvalue weighted by Gasteiger charge is 2.40. The zero-order valence-corrected chi connectivity index (χ0v) is 12.8. The molecule has 1 saturated heterocycles. The van der Waals surface area contributed by atoms with Gasteiger partial charge in [0.2, 0.25) is 0 Å². The molecule has 1 aliphatic heterocycles. The summed E-state index contributed by atoms with van der Waals surface area (Å²) >= 11 is 5.76. The minimum Gasteiger partial charge on any atom is -0.260 e. The lowest BCUT2D eigenvalue weighted by Gasteiger charge is -2.13. The fraction of sp³-hybridized carbons (Fsp3) is 0.400. The first-order valence-corrected chi connectivity index (χ1v) is 9.29. The second-order valence-corrected chi connectivity index (χ2v) is 8.72. The molecule has 0 spiro atoms. The van der Waals surface area contributed by atoms with E-state index in [-0.39, 0.29) is 5.75 Å². The van der Waals surface area contributed by atoms with Gasteiger partial charge in [-0.2, -0.15) is 8.42 Å². The van der Waals surface area contributed by atoms with Gasteiger partial charge in [0.15, 0.2) is 9.84 Å². The Hall–Kier alpha value is -1.23. The summed E-state index contributed by atoms with van der Waals surface area (Å²) in [6.45, 7) is 0. The summed E-state index contributed by atoms with van der Waals surface area (Å²) in [5, 5.41) is 9.65. The van der Waals surface area contributed by atoms with E-state index in [9.17, 15) is 26.9 Å². The normalized spacial score (nSPS) is 24.8. The van der Waals surface area contributed by atoms with E-state index >= 15 is 0 Å². The van der Waals surface area contributed by atoms with Crippen LogP contribution in [0.1, 0.15) is 0 Å². The van der Waals surface area contributed by atoms with E-state index in [1.807, 2.05) is 0 Å². The maximum Gasteiger partial charge on any atom is 0.297 e. The van der Waals surface area contributed by atoms with Crippen LogP contribution in [0.15, 0.2) is 29.2 Å². The number of sulfone groups is 1. The Kier molecular flexibility index (Phi) is 4.24. The molecular formula is C10H10ClNO7S2. The van der Waals surface area contributed by atoms with E-state index < -0.39 is 52.7 Å². The van der Waals surface area contributed by atoms with Crippen LogP contribution in [-0.4, -0.2) is 44.7 Å². The first-order chi connectivity index (χ1) is 9.61. The van der Waals surface area contributed by atoms with E-state index in [0.29, 0.717) is 0 Å². The summed E-state index contributed by atoms with van der Waals surface area (Å²) in [4.78, 5) is 9.46. The molecule has 0 aliphatic carbocycles. The van der Waals surface area contributed by atoms with Gasteiger partial charge in [-0.25, -0.2) is 8.42 Å². The zero-order valence-electron chi connectivity index (χ0n) is 10.4. The molecule has 0 radical (unpaired) electrons. The number of nitro benzene ring substituents is 1. The van der Waals surface area contributed by atoms with Gasteiger partial charge in [0, 0.05) is 12.1 Å². The number of non-ortho nitro benzene ring substituents is 1. The molecule has 0 unspecified atom stereocenters. The number of nitro groups is 1. The summed E-state index contributed by atoms with van der Waals surface area (Å²) < 4.78 is 51.6. The zero-order chi connectivity index (χ0) is 15.8. The number of hydrogen-bond donors (Lipinski definition) is 0. The second kappa shape index (κ2) is 5.52. The molecule has 0 N–H and O–H groups in total. The lowest BCUT2D eigenvalue weighted by molar-refractivity contribution is -0.385. The van der Waals surface area contributed by atoms with Crippen LogP contribution in [0.4, 0.5) is 5.69 Å². The Balaban J connectivity index is 2.27. The Morgan fingerprint density at radius 1 is 1.33 bits per heavy atom. The van der Waals surface area contributed by atoms with Crippen LogP contribution in [-0.2, 0) is 24.1 Å². The van der Waals surface area contributed by atoms with Gasteiger partial charge in [-0.15, -0.1) is 11.6 Å². The monoisotopic (exact) mass is 355 g/mol. The average Bonchev–Trinajstić information content (AvgIpc) is 2.61. The topological polar surface area (TPSA) is 121 Å². The molecule has 21 heavy (non-hydrogen) atoms. The lowest BCUT2D eigenvalue weighted by Crippen LogP contribution is -2.26. The Morgan fingerprint density at radius 3 is 2.52 bits per heavy atom. The smallest absolute Gasteiger partial charge is 0.260 e. The van der Waals surface area contributed by atoms with Gasteiger partial charge in [0.05, 0.1) is 21.8 Å². The minimum absolute atomic E-state index is 0.371. The van der Waals surface area contributed by atoms with Gasteiger partial charge in [-0.05, 0) is 6.07 Å². The van der Waals surface area contributed by atoms with Crippen molar-refractivity contribution in [3.05, 3.63) is 34.4 Å². The standard InChI is InChI=1S/C10H10ClNO7S2/c11-9-5-20(15,16)6-10(9)19-21(17,18)8-3-1-2-7(4-8)12(13)14/h1-4,9-10H,5-6H2/t9-,10-/m0/s1. The van der Waals surface area contributed by atoms with Gasteiger partial charge >= 0.3 is 0 Å². The van der Waals surface area contributed by atoms with E-state index in [2.05, 4.69) is 0 Å². The molecule has 2 rings (SSSR count). The van der Waals surface area contributed by atoms with Crippen molar-refractivity contribution in [3.8, 4) is 0 Å². The predicted molar refractivity (Wildman–Crippen MR) is 73.5 cm³/mol. The van der Waals surface area contributed by atoms with Crippen LogP contribution < -0.4 is 0 Å². The summed E-state index contributed by atoms with van der Waals surface area (Å²) in [5.74, 6) is -0.876.